The van der Waals surface area contributed by atoms with Crippen LogP contribution in [-0.4, -0.2) is 23.7 Å². The van der Waals surface area contributed by atoms with Gasteiger partial charge in [0, 0.05) is 30.8 Å². The summed E-state index contributed by atoms with van der Waals surface area (Å²) < 4.78 is 5.98. The van der Waals surface area contributed by atoms with Crippen LogP contribution in [0, 0.1) is 11.3 Å². The van der Waals surface area contributed by atoms with Gasteiger partial charge >= 0.3 is 0 Å². The summed E-state index contributed by atoms with van der Waals surface area (Å²) in [5.74, 6) is 0.608. The molecule has 0 amide bonds. The van der Waals surface area contributed by atoms with Gasteiger partial charge in [-0.3, -0.25) is 4.98 Å². The highest BCUT2D eigenvalue weighted by molar-refractivity contribution is 5.07. The molecule has 1 aliphatic carbocycles. The lowest BCUT2D eigenvalue weighted by Gasteiger charge is -2.52. The Morgan fingerprint density at radius 1 is 1.42 bits per heavy atom. The highest BCUT2D eigenvalue weighted by atomic mass is 16.5. The SMILES string of the molecule is CC(C)COC1CC(NCc2ccccn2)C1(C)C. The first kappa shape index (κ1) is 14.5. The molecule has 106 valence electrons. The Balaban J connectivity index is 1.78. The predicted octanol–water partition coefficient (Wildman–Crippen LogP) is 3.01. The topological polar surface area (TPSA) is 34.1 Å². The number of nitrogens with one attached hydrogen (secondary N) is 1. The molecule has 1 N–H and O–H groups in total. The van der Waals surface area contributed by atoms with Crippen molar-refractivity contribution in [3.8, 4) is 0 Å². The maximum atomic E-state index is 5.98. The van der Waals surface area contributed by atoms with Gasteiger partial charge in [0.15, 0.2) is 0 Å². The Morgan fingerprint density at radius 3 is 2.79 bits per heavy atom. The van der Waals surface area contributed by atoms with Crippen molar-refractivity contribution in [2.24, 2.45) is 11.3 Å². The van der Waals surface area contributed by atoms with Crippen LogP contribution in [0.15, 0.2) is 24.4 Å². The summed E-state index contributed by atoms with van der Waals surface area (Å²) in [6.45, 7) is 10.7. The molecule has 0 aromatic carbocycles. The Bertz CT molecular complexity index is 389. The number of hydrogen-bond acceptors (Lipinski definition) is 3. The van der Waals surface area contributed by atoms with Crippen LogP contribution in [0.25, 0.3) is 0 Å². The smallest absolute Gasteiger partial charge is 0.0656 e. The predicted molar refractivity (Wildman–Crippen MR) is 77.8 cm³/mol. The number of hydrogen-bond donors (Lipinski definition) is 1. The van der Waals surface area contributed by atoms with Crippen LogP contribution < -0.4 is 5.32 Å². The maximum Gasteiger partial charge on any atom is 0.0656 e. The molecule has 3 heteroatoms. The number of ether oxygens (including phenoxy) is 1. The summed E-state index contributed by atoms with van der Waals surface area (Å²) in [5.41, 5.74) is 1.31. The van der Waals surface area contributed by atoms with Crippen LogP contribution in [0.1, 0.15) is 39.8 Å². The van der Waals surface area contributed by atoms with Crippen molar-refractivity contribution >= 4 is 0 Å². The van der Waals surface area contributed by atoms with E-state index in [9.17, 15) is 0 Å². The number of nitrogens with zero attached hydrogens (tertiary/aromatic N) is 1. The molecule has 0 bridgehead atoms. The minimum atomic E-state index is 0.212. The van der Waals surface area contributed by atoms with Gasteiger partial charge in [0.1, 0.15) is 0 Å². The van der Waals surface area contributed by atoms with Gasteiger partial charge in [0.2, 0.25) is 0 Å². The van der Waals surface area contributed by atoms with E-state index < -0.39 is 0 Å². The Kier molecular flexibility index (Phi) is 4.58. The third kappa shape index (κ3) is 3.54. The second-order valence-corrected chi connectivity index (χ2v) is 6.53. The summed E-state index contributed by atoms with van der Waals surface area (Å²) in [5, 5.41) is 3.60. The average Bonchev–Trinajstić information content (AvgIpc) is 2.37. The zero-order valence-electron chi connectivity index (χ0n) is 12.5. The van der Waals surface area contributed by atoms with Gasteiger partial charge in [0.25, 0.3) is 0 Å². The summed E-state index contributed by atoms with van der Waals surface area (Å²) in [4.78, 5) is 4.34. The second kappa shape index (κ2) is 6.02. The van der Waals surface area contributed by atoms with Crippen molar-refractivity contribution in [2.45, 2.75) is 52.8 Å². The molecule has 3 nitrogen and oxygen atoms in total. The van der Waals surface area contributed by atoms with Gasteiger partial charge in [-0.2, -0.15) is 0 Å². The molecule has 1 aromatic heterocycles. The fourth-order valence-electron chi connectivity index (χ4n) is 2.55. The van der Waals surface area contributed by atoms with Crippen LogP contribution >= 0.6 is 0 Å². The summed E-state index contributed by atoms with van der Waals surface area (Å²) in [6, 6.07) is 6.56. The highest BCUT2D eigenvalue weighted by Crippen LogP contribution is 2.43. The number of aromatic nitrogens is 1. The molecule has 1 aromatic rings. The van der Waals surface area contributed by atoms with E-state index in [-0.39, 0.29) is 5.41 Å². The van der Waals surface area contributed by atoms with Gasteiger partial charge in [-0.25, -0.2) is 0 Å². The first-order valence-corrected chi connectivity index (χ1v) is 7.25. The van der Waals surface area contributed by atoms with E-state index in [4.69, 9.17) is 4.74 Å². The van der Waals surface area contributed by atoms with Crippen molar-refractivity contribution in [2.75, 3.05) is 6.61 Å². The number of rotatable bonds is 6. The molecule has 1 fully saturated rings. The molecular weight excluding hydrogens is 236 g/mol. The lowest BCUT2D eigenvalue weighted by atomic mass is 9.64. The van der Waals surface area contributed by atoms with E-state index in [2.05, 4.69) is 44.1 Å². The van der Waals surface area contributed by atoms with E-state index in [1.165, 1.54) is 0 Å². The van der Waals surface area contributed by atoms with Gasteiger partial charge in [0.05, 0.1) is 11.8 Å². The summed E-state index contributed by atoms with van der Waals surface area (Å²) >= 11 is 0. The first-order chi connectivity index (χ1) is 9.00. The van der Waals surface area contributed by atoms with Crippen molar-refractivity contribution < 1.29 is 4.74 Å². The molecule has 1 heterocycles. The molecule has 0 aliphatic heterocycles. The fraction of sp³-hybridized carbons (Fsp3) is 0.688. The van der Waals surface area contributed by atoms with Gasteiger partial charge < -0.3 is 10.1 Å². The molecule has 0 saturated heterocycles. The molecule has 19 heavy (non-hydrogen) atoms. The molecular formula is C16H26N2O. The minimum absolute atomic E-state index is 0.212. The van der Waals surface area contributed by atoms with Gasteiger partial charge in [-0.15, -0.1) is 0 Å². The zero-order chi connectivity index (χ0) is 13.9. The lowest BCUT2D eigenvalue weighted by Crippen LogP contribution is -2.60. The second-order valence-electron chi connectivity index (χ2n) is 6.53. The van der Waals surface area contributed by atoms with Crippen molar-refractivity contribution in [1.82, 2.24) is 10.3 Å². The third-order valence-electron chi connectivity index (χ3n) is 4.06. The first-order valence-electron chi connectivity index (χ1n) is 7.25. The largest absolute Gasteiger partial charge is 0.377 e. The van der Waals surface area contributed by atoms with Gasteiger partial charge in [-0.1, -0.05) is 33.8 Å². The van der Waals surface area contributed by atoms with Crippen molar-refractivity contribution in [3.63, 3.8) is 0 Å². The lowest BCUT2D eigenvalue weighted by molar-refractivity contribution is -0.124. The van der Waals surface area contributed by atoms with Crippen LogP contribution in [0.4, 0.5) is 0 Å². The molecule has 2 unspecified atom stereocenters. The Labute approximate surface area is 116 Å². The average molecular weight is 262 g/mol. The maximum absolute atomic E-state index is 5.98. The van der Waals surface area contributed by atoms with Crippen molar-refractivity contribution in [1.29, 1.82) is 0 Å². The standard InChI is InChI=1S/C16H26N2O/c1-12(2)11-19-15-9-14(16(15,3)4)18-10-13-7-5-6-8-17-13/h5-8,12,14-15,18H,9-11H2,1-4H3. The fourth-order valence-corrected chi connectivity index (χ4v) is 2.55. The van der Waals surface area contributed by atoms with E-state index in [0.717, 1.165) is 25.3 Å². The van der Waals surface area contributed by atoms with E-state index in [0.29, 0.717) is 18.1 Å². The highest BCUT2D eigenvalue weighted by Gasteiger charge is 2.48. The van der Waals surface area contributed by atoms with E-state index >= 15 is 0 Å². The minimum Gasteiger partial charge on any atom is -0.377 e. The van der Waals surface area contributed by atoms with Crippen LogP contribution in [0.3, 0.4) is 0 Å². The van der Waals surface area contributed by atoms with E-state index in [1.807, 2.05) is 18.3 Å². The molecule has 2 atom stereocenters. The Hall–Kier alpha value is -0.930. The number of pyridine rings is 1. The monoisotopic (exact) mass is 262 g/mol. The molecule has 1 saturated carbocycles. The molecule has 0 spiro atoms. The summed E-state index contributed by atoms with van der Waals surface area (Å²) in [7, 11) is 0. The molecule has 0 radical (unpaired) electrons. The van der Waals surface area contributed by atoms with Gasteiger partial charge in [-0.05, 0) is 24.5 Å². The van der Waals surface area contributed by atoms with Crippen LogP contribution in [0.5, 0.6) is 0 Å². The van der Waals surface area contributed by atoms with E-state index in [1.54, 1.807) is 0 Å². The summed E-state index contributed by atoms with van der Waals surface area (Å²) in [6.07, 6.45) is 3.33. The quantitative estimate of drug-likeness (QED) is 0.855. The Morgan fingerprint density at radius 2 is 2.21 bits per heavy atom. The normalized spacial score (nSPS) is 25.3. The van der Waals surface area contributed by atoms with Crippen LogP contribution in [-0.2, 0) is 11.3 Å². The van der Waals surface area contributed by atoms with Crippen molar-refractivity contribution in [3.05, 3.63) is 30.1 Å². The molecule has 1 aliphatic rings. The van der Waals surface area contributed by atoms with Crippen LogP contribution in [0.2, 0.25) is 0 Å². The zero-order valence-corrected chi connectivity index (χ0v) is 12.5. The molecule has 2 rings (SSSR count). The third-order valence-corrected chi connectivity index (χ3v) is 4.06.